The molecule has 4 unspecified atom stereocenters. The number of aromatic nitrogens is 2. The minimum absolute atomic E-state index is 0.0901. The van der Waals surface area contributed by atoms with Gasteiger partial charge < -0.3 is 14.8 Å². The van der Waals surface area contributed by atoms with E-state index in [9.17, 15) is 4.79 Å². The van der Waals surface area contributed by atoms with E-state index in [-0.39, 0.29) is 12.1 Å². The number of carbonyl (C=O) groups excluding carboxylic acids is 1. The fourth-order valence-corrected chi connectivity index (χ4v) is 4.91. The van der Waals surface area contributed by atoms with Gasteiger partial charge in [-0.2, -0.15) is 5.10 Å². The Labute approximate surface area is 178 Å². The molecule has 4 heterocycles. The number of piperidine rings is 3. The maximum atomic E-state index is 11.8. The van der Waals surface area contributed by atoms with Crippen molar-refractivity contribution in [2.75, 3.05) is 26.8 Å². The number of benzene rings is 1. The van der Waals surface area contributed by atoms with Crippen LogP contribution in [0.15, 0.2) is 30.3 Å². The van der Waals surface area contributed by atoms with Crippen LogP contribution >= 0.6 is 0 Å². The Balaban J connectivity index is 1.46. The number of hydrogen-bond donors (Lipinski definition) is 1. The van der Waals surface area contributed by atoms with Gasteiger partial charge in [-0.3, -0.25) is 9.58 Å². The van der Waals surface area contributed by atoms with Gasteiger partial charge in [0.25, 0.3) is 0 Å². The molecule has 0 aliphatic carbocycles. The van der Waals surface area contributed by atoms with Gasteiger partial charge in [0.2, 0.25) is 0 Å². The van der Waals surface area contributed by atoms with Crippen molar-refractivity contribution in [3.63, 3.8) is 0 Å². The van der Waals surface area contributed by atoms with Crippen LogP contribution in [-0.4, -0.2) is 59.7 Å². The summed E-state index contributed by atoms with van der Waals surface area (Å²) in [6.07, 6.45) is 1.90. The molecular formula is C23H32N4O3. The summed E-state index contributed by atoms with van der Waals surface area (Å²) < 4.78 is 13.0. The SMILES string of the molecule is COc1ccccc1-c1cc(C2CN3CCC2CC3COC(=O)NC(C)C)n(C)n1. The third-order valence-electron chi connectivity index (χ3n) is 6.37. The summed E-state index contributed by atoms with van der Waals surface area (Å²) in [7, 11) is 3.72. The first kappa shape index (κ1) is 20.7. The summed E-state index contributed by atoms with van der Waals surface area (Å²) in [6.45, 7) is 6.38. The summed E-state index contributed by atoms with van der Waals surface area (Å²) in [6, 6.07) is 10.6. The van der Waals surface area contributed by atoms with Gasteiger partial charge in [-0.25, -0.2) is 4.79 Å². The number of carbonyl (C=O) groups is 1. The first-order valence-corrected chi connectivity index (χ1v) is 10.8. The molecule has 0 saturated carbocycles. The first-order chi connectivity index (χ1) is 14.5. The second kappa shape index (κ2) is 8.68. The van der Waals surface area contributed by atoms with Crippen LogP contribution in [-0.2, 0) is 11.8 Å². The molecule has 7 heteroatoms. The number of nitrogens with one attached hydrogen (secondary N) is 1. The van der Waals surface area contributed by atoms with Gasteiger partial charge in [0.15, 0.2) is 0 Å². The van der Waals surface area contributed by atoms with Gasteiger partial charge in [0.05, 0.1) is 12.8 Å². The molecule has 1 amide bonds. The molecule has 3 aliphatic heterocycles. The number of alkyl carbamates (subject to hydrolysis) is 1. The topological polar surface area (TPSA) is 68.6 Å². The highest BCUT2D eigenvalue weighted by atomic mass is 16.5. The molecule has 2 bridgehead atoms. The van der Waals surface area contributed by atoms with Gasteiger partial charge in [-0.05, 0) is 57.4 Å². The van der Waals surface area contributed by atoms with Crippen LogP contribution in [0, 0.1) is 5.92 Å². The number of nitrogens with zero attached hydrogens (tertiary/aromatic N) is 3. The van der Waals surface area contributed by atoms with Crippen molar-refractivity contribution in [3.05, 3.63) is 36.0 Å². The Morgan fingerprint density at radius 2 is 2.13 bits per heavy atom. The molecule has 4 atom stereocenters. The standard InChI is InChI=1S/C23H32N4O3/c1-15(2)24-23(28)30-14-17-11-16-9-10-27(17)13-19(16)21-12-20(25-26(21)3)18-7-5-6-8-22(18)29-4/h5-8,12,15-17,19H,9-11,13-14H2,1-4H3,(H,24,28). The summed E-state index contributed by atoms with van der Waals surface area (Å²) in [4.78, 5) is 14.3. The molecule has 3 fully saturated rings. The van der Waals surface area contributed by atoms with Gasteiger partial charge in [0.1, 0.15) is 12.4 Å². The molecule has 3 aliphatic rings. The first-order valence-electron chi connectivity index (χ1n) is 10.8. The highest BCUT2D eigenvalue weighted by molar-refractivity contribution is 5.68. The van der Waals surface area contributed by atoms with E-state index in [1.807, 2.05) is 43.8 Å². The van der Waals surface area contributed by atoms with Crippen molar-refractivity contribution in [1.29, 1.82) is 0 Å². The third-order valence-corrected chi connectivity index (χ3v) is 6.37. The highest BCUT2D eigenvalue weighted by Gasteiger charge is 2.42. The predicted molar refractivity (Wildman–Crippen MR) is 116 cm³/mol. The van der Waals surface area contributed by atoms with Crippen LogP contribution in [0.5, 0.6) is 5.75 Å². The Morgan fingerprint density at radius 1 is 1.33 bits per heavy atom. The number of aryl methyl sites for hydroxylation is 1. The average Bonchev–Trinajstić information content (AvgIpc) is 3.13. The van der Waals surface area contributed by atoms with Crippen molar-refractivity contribution in [3.8, 4) is 17.0 Å². The third kappa shape index (κ3) is 4.17. The number of methoxy groups -OCH3 is 1. The molecule has 3 saturated heterocycles. The fourth-order valence-electron chi connectivity index (χ4n) is 4.91. The van der Waals surface area contributed by atoms with Crippen molar-refractivity contribution in [2.45, 2.75) is 44.7 Å². The van der Waals surface area contributed by atoms with Crippen molar-refractivity contribution >= 4 is 6.09 Å². The van der Waals surface area contributed by atoms with E-state index in [1.54, 1.807) is 7.11 Å². The quantitative estimate of drug-likeness (QED) is 0.788. The van der Waals surface area contributed by atoms with Gasteiger partial charge >= 0.3 is 6.09 Å². The minimum atomic E-state index is -0.322. The number of rotatable bonds is 6. The van der Waals surface area contributed by atoms with Crippen LogP contribution < -0.4 is 10.1 Å². The number of para-hydroxylation sites is 1. The Bertz CT molecular complexity index is 894. The molecule has 7 nitrogen and oxygen atoms in total. The lowest BCUT2D eigenvalue weighted by Gasteiger charge is -2.49. The molecule has 1 aromatic heterocycles. The second-order valence-electron chi connectivity index (χ2n) is 8.72. The molecule has 1 N–H and O–H groups in total. The van der Waals surface area contributed by atoms with Crippen LogP contribution in [0.4, 0.5) is 4.79 Å². The molecule has 162 valence electrons. The lowest BCUT2D eigenvalue weighted by molar-refractivity contribution is -0.00441. The molecule has 1 aromatic carbocycles. The van der Waals surface area contributed by atoms with Crippen molar-refractivity contribution in [2.24, 2.45) is 13.0 Å². The smallest absolute Gasteiger partial charge is 0.407 e. The highest BCUT2D eigenvalue weighted by Crippen LogP contribution is 2.43. The van der Waals surface area contributed by atoms with E-state index < -0.39 is 0 Å². The van der Waals surface area contributed by atoms with Gasteiger partial charge in [-0.1, -0.05) is 12.1 Å². The monoisotopic (exact) mass is 412 g/mol. The van der Waals surface area contributed by atoms with Crippen LogP contribution in [0.2, 0.25) is 0 Å². The molecule has 0 spiro atoms. The van der Waals surface area contributed by atoms with E-state index in [0.717, 1.165) is 36.5 Å². The largest absolute Gasteiger partial charge is 0.496 e. The maximum Gasteiger partial charge on any atom is 0.407 e. The van der Waals surface area contributed by atoms with Crippen molar-refractivity contribution < 1.29 is 14.3 Å². The van der Waals surface area contributed by atoms with Crippen LogP contribution in [0.3, 0.4) is 0 Å². The summed E-state index contributed by atoms with van der Waals surface area (Å²) in [5, 5.41) is 7.59. The summed E-state index contributed by atoms with van der Waals surface area (Å²) in [5.41, 5.74) is 3.24. The second-order valence-corrected chi connectivity index (χ2v) is 8.72. The van der Waals surface area contributed by atoms with Crippen molar-refractivity contribution in [1.82, 2.24) is 20.0 Å². The van der Waals surface area contributed by atoms with E-state index in [4.69, 9.17) is 14.6 Å². The van der Waals surface area contributed by atoms with E-state index in [2.05, 4.69) is 22.3 Å². The zero-order valence-corrected chi connectivity index (χ0v) is 18.3. The van der Waals surface area contributed by atoms with E-state index in [0.29, 0.717) is 24.5 Å². The molecule has 5 rings (SSSR count). The zero-order chi connectivity index (χ0) is 21.3. The zero-order valence-electron chi connectivity index (χ0n) is 18.3. The Hall–Kier alpha value is -2.54. The number of hydrogen-bond acceptors (Lipinski definition) is 5. The summed E-state index contributed by atoms with van der Waals surface area (Å²) >= 11 is 0. The lowest BCUT2D eigenvalue weighted by atomic mass is 9.74. The molecule has 2 aromatic rings. The van der Waals surface area contributed by atoms with Crippen LogP contribution in [0.1, 0.15) is 38.3 Å². The van der Waals surface area contributed by atoms with Gasteiger partial charge in [-0.15, -0.1) is 0 Å². The van der Waals surface area contributed by atoms with Crippen LogP contribution in [0.25, 0.3) is 11.3 Å². The molecule has 30 heavy (non-hydrogen) atoms. The number of fused-ring (bicyclic) bond motifs is 3. The lowest BCUT2D eigenvalue weighted by Crippen LogP contribution is -2.54. The van der Waals surface area contributed by atoms with E-state index >= 15 is 0 Å². The Morgan fingerprint density at radius 3 is 2.83 bits per heavy atom. The predicted octanol–water partition coefficient (Wildman–Crippen LogP) is 3.41. The minimum Gasteiger partial charge on any atom is -0.496 e. The fraction of sp³-hybridized carbons (Fsp3) is 0.565. The van der Waals surface area contributed by atoms with Gasteiger partial charge in [0, 0.05) is 42.9 Å². The summed E-state index contributed by atoms with van der Waals surface area (Å²) in [5.74, 6) is 1.87. The molecule has 0 radical (unpaired) electrons. The number of ether oxygens (including phenoxy) is 2. The van der Waals surface area contributed by atoms with E-state index in [1.165, 1.54) is 12.1 Å². The molecular weight excluding hydrogens is 380 g/mol. The normalized spacial score (nSPS) is 25.4. The average molecular weight is 413 g/mol. The maximum absolute atomic E-state index is 11.8. The number of amides is 1. The Kier molecular flexibility index (Phi) is 5.99.